The maximum absolute atomic E-state index is 9.80. The quantitative estimate of drug-likeness (QED) is 0.782. The van der Waals surface area contributed by atoms with Gasteiger partial charge in [-0.1, -0.05) is 32.0 Å². The number of rotatable bonds is 7. The van der Waals surface area contributed by atoms with E-state index in [9.17, 15) is 5.11 Å². The van der Waals surface area contributed by atoms with Crippen molar-refractivity contribution in [2.75, 3.05) is 18.5 Å². The number of hydrogen-bond donors (Lipinski definition) is 2. The van der Waals surface area contributed by atoms with Crippen LogP contribution in [0.2, 0.25) is 0 Å². The number of aliphatic hydroxyl groups is 1. The molecule has 0 bridgehead atoms. The van der Waals surface area contributed by atoms with E-state index in [0.29, 0.717) is 19.1 Å². The van der Waals surface area contributed by atoms with Crippen LogP contribution in [0.3, 0.4) is 0 Å². The number of anilines is 1. The van der Waals surface area contributed by atoms with Crippen molar-refractivity contribution in [3.63, 3.8) is 0 Å². The SMILES string of the molecule is CC(C)OCC(O)CNc1ccccc1C(C)C. The summed E-state index contributed by atoms with van der Waals surface area (Å²) in [7, 11) is 0. The number of hydrogen-bond acceptors (Lipinski definition) is 3. The van der Waals surface area contributed by atoms with Gasteiger partial charge in [0, 0.05) is 12.2 Å². The lowest BCUT2D eigenvalue weighted by Gasteiger charge is -2.18. The Morgan fingerprint density at radius 2 is 1.83 bits per heavy atom. The summed E-state index contributed by atoms with van der Waals surface area (Å²) in [5.41, 5.74) is 2.37. The van der Waals surface area contributed by atoms with Gasteiger partial charge in [0.05, 0.1) is 18.8 Å². The number of para-hydroxylation sites is 1. The van der Waals surface area contributed by atoms with Gasteiger partial charge in [-0.2, -0.15) is 0 Å². The molecule has 0 saturated carbocycles. The van der Waals surface area contributed by atoms with Crippen LogP contribution in [0.15, 0.2) is 24.3 Å². The summed E-state index contributed by atoms with van der Waals surface area (Å²) in [5, 5.41) is 13.1. The average molecular weight is 251 g/mol. The predicted octanol–water partition coefficient (Wildman–Crippen LogP) is 3.01. The van der Waals surface area contributed by atoms with Crippen molar-refractivity contribution >= 4 is 5.69 Å². The molecule has 0 saturated heterocycles. The van der Waals surface area contributed by atoms with Crippen LogP contribution in [0.4, 0.5) is 5.69 Å². The Kier molecular flexibility index (Phi) is 6.16. The molecule has 1 rings (SSSR count). The molecule has 1 unspecified atom stereocenters. The van der Waals surface area contributed by atoms with Crippen LogP contribution in [0.5, 0.6) is 0 Å². The molecule has 3 heteroatoms. The smallest absolute Gasteiger partial charge is 0.0945 e. The largest absolute Gasteiger partial charge is 0.389 e. The molecule has 0 radical (unpaired) electrons. The molecule has 1 atom stereocenters. The van der Waals surface area contributed by atoms with Gasteiger partial charge in [-0.3, -0.25) is 0 Å². The zero-order chi connectivity index (χ0) is 13.5. The fraction of sp³-hybridized carbons (Fsp3) is 0.600. The van der Waals surface area contributed by atoms with E-state index in [1.165, 1.54) is 5.56 Å². The van der Waals surface area contributed by atoms with Gasteiger partial charge in [0.25, 0.3) is 0 Å². The first-order valence-electron chi connectivity index (χ1n) is 6.63. The maximum atomic E-state index is 9.80. The van der Waals surface area contributed by atoms with Crippen LogP contribution >= 0.6 is 0 Å². The second-order valence-electron chi connectivity index (χ2n) is 5.16. The highest BCUT2D eigenvalue weighted by Gasteiger charge is 2.09. The van der Waals surface area contributed by atoms with E-state index in [1.807, 2.05) is 32.0 Å². The van der Waals surface area contributed by atoms with Crippen molar-refractivity contribution in [1.29, 1.82) is 0 Å². The van der Waals surface area contributed by atoms with E-state index >= 15 is 0 Å². The first-order valence-corrected chi connectivity index (χ1v) is 6.63. The molecule has 0 spiro atoms. The van der Waals surface area contributed by atoms with Crippen molar-refractivity contribution in [2.45, 2.75) is 45.8 Å². The van der Waals surface area contributed by atoms with Gasteiger partial charge in [-0.05, 0) is 31.4 Å². The first kappa shape index (κ1) is 15.0. The Morgan fingerprint density at radius 3 is 2.44 bits per heavy atom. The van der Waals surface area contributed by atoms with Crippen LogP contribution in [0.25, 0.3) is 0 Å². The Balaban J connectivity index is 2.48. The standard InChI is InChI=1S/C15H25NO2/c1-11(2)14-7-5-6-8-15(14)16-9-13(17)10-18-12(3)4/h5-8,11-13,16-17H,9-10H2,1-4H3. The molecular weight excluding hydrogens is 226 g/mol. The van der Waals surface area contributed by atoms with Crippen LogP contribution in [0, 0.1) is 0 Å². The monoisotopic (exact) mass is 251 g/mol. The lowest BCUT2D eigenvalue weighted by molar-refractivity contribution is 0.0112. The molecule has 0 amide bonds. The Bertz CT molecular complexity index is 350. The zero-order valence-corrected chi connectivity index (χ0v) is 11.8. The lowest BCUT2D eigenvalue weighted by atomic mass is 10.0. The fourth-order valence-electron chi connectivity index (χ4n) is 1.75. The van der Waals surface area contributed by atoms with Crippen molar-refractivity contribution < 1.29 is 9.84 Å². The summed E-state index contributed by atoms with van der Waals surface area (Å²) in [5.74, 6) is 0.470. The molecule has 0 aromatic heterocycles. The molecular formula is C15H25NO2. The van der Waals surface area contributed by atoms with E-state index in [1.54, 1.807) is 0 Å². The Labute approximate surface area is 110 Å². The average Bonchev–Trinajstić information content (AvgIpc) is 2.34. The Morgan fingerprint density at radius 1 is 1.17 bits per heavy atom. The van der Waals surface area contributed by atoms with Crippen LogP contribution in [-0.4, -0.2) is 30.5 Å². The molecule has 0 fully saturated rings. The highest BCUT2D eigenvalue weighted by molar-refractivity contribution is 5.52. The zero-order valence-electron chi connectivity index (χ0n) is 11.8. The molecule has 0 heterocycles. The molecule has 0 aliphatic rings. The van der Waals surface area contributed by atoms with Gasteiger partial charge >= 0.3 is 0 Å². The first-order chi connectivity index (χ1) is 8.50. The molecule has 0 aliphatic carbocycles. The minimum atomic E-state index is -0.479. The van der Waals surface area contributed by atoms with Gasteiger partial charge in [0.2, 0.25) is 0 Å². The topological polar surface area (TPSA) is 41.5 Å². The molecule has 2 N–H and O–H groups in total. The van der Waals surface area contributed by atoms with Crippen molar-refractivity contribution in [3.8, 4) is 0 Å². The van der Waals surface area contributed by atoms with E-state index in [0.717, 1.165) is 5.69 Å². The minimum absolute atomic E-state index is 0.155. The summed E-state index contributed by atoms with van der Waals surface area (Å²) in [6.07, 6.45) is -0.324. The Hall–Kier alpha value is -1.06. The van der Waals surface area contributed by atoms with E-state index in [4.69, 9.17) is 4.74 Å². The number of ether oxygens (including phenoxy) is 1. The molecule has 102 valence electrons. The number of nitrogens with one attached hydrogen (secondary N) is 1. The van der Waals surface area contributed by atoms with Gasteiger partial charge in [0.15, 0.2) is 0 Å². The number of benzene rings is 1. The van der Waals surface area contributed by atoms with Gasteiger partial charge in [-0.15, -0.1) is 0 Å². The molecule has 3 nitrogen and oxygen atoms in total. The number of aliphatic hydroxyl groups excluding tert-OH is 1. The van der Waals surface area contributed by atoms with Crippen LogP contribution in [-0.2, 0) is 4.74 Å². The predicted molar refractivity (Wildman–Crippen MR) is 76.1 cm³/mol. The summed E-state index contributed by atoms with van der Waals surface area (Å²) in [6, 6.07) is 8.21. The second-order valence-corrected chi connectivity index (χ2v) is 5.16. The van der Waals surface area contributed by atoms with Crippen molar-refractivity contribution in [3.05, 3.63) is 29.8 Å². The minimum Gasteiger partial charge on any atom is -0.389 e. The molecule has 1 aromatic carbocycles. The highest BCUT2D eigenvalue weighted by atomic mass is 16.5. The molecule has 0 aliphatic heterocycles. The summed E-state index contributed by atoms with van der Waals surface area (Å²) < 4.78 is 5.38. The van der Waals surface area contributed by atoms with Gasteiger partial charge in [0.1, 0.15) is 0 Å². The van der Waals surface area contributed by atoms with Crippen molar-refractivity contribution in [1.82, 2.24) is 0 Å². The van der Waals surface area contributed by atoms with Gasteiger partial charge in [-0.25, -0.2) is 0 Å². The highest BCUT2D eigenvalue weighted by Crippen LogP contribution is 2.23. The van der Waals surface area contributed by atoms with E-state index < -0.39 is 6.10 Å². The van der Waals surface area contributed by atoms with Crippen LogP contribution < -0.4 is 5.32 Å². The summed E-state index contributed by atoms with van der Waals surface area (Å²) in [6.45, 7) is 9.14. The third-order valence-corrected chi connectivity index (χ3v) is 2.73. The van der Waals surface area contributed by atoms with Gasteiger partial charge < -0.3 is 15.2 Å². The van der Waals surface area contributed by atoms with E-state index in [2.05, 4.69) is 25.2 Å². The fourth-order valence-corrected chi connectivity index (χ4v) is 1.75. The molecule has 18 heavy (non-hydrogen) atoms. The maximum Gasteiger partial charge on any atom is 0.0945 e. The summed E-state index contributed by atoms with van der Waals surface area (Å²) in [4.78, 5) is 0. The summed E-state index contributed by atoms with van der Waals surface area (Å²) >= 11 is 0. The van der Waals surface area contributed by atoms with Crippen molar-refractivity contribution in [2.24, 2.45) is 0 Å². The lowest BCUT2D eigenvalue weighted by Crippen LogP contribution is -2.26. The normalized spacial score (nSPS) is 13.1. The van der Waals surface area contributed by atoms with Crippen LogP contribution in [0.1, 0.15) is 39.2 Å². The van der Waals surface area contributed by atoms with E-state index in [-0.39, 0.29) is 6.10 Å². The third kappa shape index (κ3) is 5.07. The second kappa shape index (κ2) is 7.39. The third-order valence-electron chi connectivity index (χ3n) is 2.73. The molecule has 1 aromatic rings.